The average Bonchev–Trinajstić information content (AvgIpc) is 3.43. The SMILES string of the molecule is CN1CCC(c2ncc(-c3cnc(N)c(OCc4cccc(C#CC(C)(O)C5CCCCC5)c4)c3)s2)CC1. The van der Waals surface area contributed by atoms with Crippen molar-refractivity contribution in [1.29, 1.82) is 0 Å². The minimum Gasteiger partial charge on any atom is -0.485 e. The van der Waals surface area contributed by atoms with Crippen molar-refractivity contribution in [3.8, 4) is 28.0 Å². The molecule has 0 amide bonds. The molecule has 0 radical (unpaired) electrons. The second-order valence-corrected chi connectivity index (χ2v) is 12.0. The van der Waals surface area contributed by atoms with E-state index < -0.39 is 5.60 Å². The van der Waals surface area contributed by atoms with Crippen molar-refractivity contribution in [2.24, 2.45) is 5.92 Å². The number of ether oxygens (including phenoxy) is 1. The van der Waals surface area contributed by atoms with Gasteiger partial charge in [0.05, 0.1) is 9.88 Å². The van der Waals surface area contributed by atoms with Crippen molar-refractivity contribution in [3.63, 3.8) is 0 Å². The lowest BCUT2D eigenvalue weighted by Gasteiger charge is -2.31. The molecule has 2 fully saturated rings. The van der Waals surface area contributed by atoms with E-state index in [4.69, 9.17) is 15.5 Å². The number of nitrogens with zero attached hydrogens (tertiary/aromatic N) is 3. The topological polar surface area (TPSA) is 84.5 Å². The van der Waals surface area contributed by atoms with E-state index in [1.807, 2.05) is 43.5 Å². The summed E-state index contributed by atoms with van der Waals surface area (Å²) in [5.74, 6) is 8.04. The van der Waals surface area contributed by atoms with Crippen LogP contribution in [0.4, 0.5) is 5.82 Å². The Labute approximate surface area is 230 Å². The molecule has 1 unspecified atom stereocenters. The zero-order valence-corrected chi connectivity index (χ0v) is 23.3. The van der Waals surface area contributed by atoms with E-state index in [-0.39, 0.29) is 5.92 Å². The summed E-state index contributed by atoms with van der Waals surface area (Å²) in [6.45, 7) is 4.44. The van der Waals surface area contributed by atoms with Crippen molar-refractivity contribution in [2.45, 2.75) is 70.0 Å². The molecule has 3 heterocycles. The first-order valence-electron chi connectivity index (χ1n) is 13.7. The smallest absolute Gasteiger partial charge is 0.166 e. The molecule has 1 aliphatic carbocycles. The van der Waals surface area contributed by atoms with Crippen molar-refractivity contribution < 1.29 is 9.84 Å². The van der Waals surface area contributed by atoms with Crippen molar-refractivity contribution in [1.82, 2.24) is 14.9 Å². The minimum atomic E-state index is -0.961. The summed E-state index contributed by atoms with van der Waals surface area (Å²) in [7, 11) is 2.18. The second-order valence-electron chi connectivity index (χ2n) is 11.0. The second kappa shape index (κ2) is 11.9. The maximum absolute atomic E-state index is 10.9. The summed E-state index contributed by atoms with van der Waals surface area (Å²) in [6, 6.07) is 9.91. The van der Waals surface area contributed by atoms with Gasteiger partial charge in [-0.3, -0.25) is 0 Å². The number of thiazole rings is 1. The van der Waals surface area contributed by atoms with Crippen LogP contribution < -0.4 is 10.5 Å². The van der Waals surface area contributed by atoms with Crippen LogP contribution in [0.5, 0.6) is 5.75 Å². The molecule has 200 valence electrons. The van der Waals surface area contributed by atoms with Crippen LogP contribution >= 0.6 is 11.3 Å². The molecule has 1 saturated heterocycles. The quantitative estimate of drug-likeness (QED) is 0.389. The van der Waals surface area contributed by atoms with Gasteiger partial charge in [0.15, 0.2) is 11.6 Å². The maximum atomic E-state index is 10.9. The van der Waals surface area contributed by atoms with Gasteiger partial charge in [-0.2, -0.15) is 0 Å². The molecule has 1 saturated carbocycles. The molecule has 6 nitrogen and oxygen atoms in total. The zero-order valence-electron chi connectivity index (χ0n) is 22.4. The van der Waals surface area contributed by atoms with Crippen LogP contribution in [0.2, 0.25) is 0 Å². The van der Waals surface area contributed by atoms with Crippen LogP contribution in [0.15, 0.2) is 42.7 Å². The molecule has 2 aliphatic rings. The number of anilines is 1. The highest BCUT2D eigenvalue weighted by Gasteiger charge is 2.31. The van der Waals surface area contributed by atoms with E-state index in [1.54, 1.807) is 17.5 Å². The molecule has 1 atom stereocenters. The number of nitrogen functional groups attached to an aromatic ring is 1. The highest BCUT2D eigenvalue weighted by molar-refractivity contribution is 7.15. The number of piperidine rings is 1. The van der Waals surface area contributed by atoms with Gasteiger partial charge in [0, 0.05) is 29.4 Å². The Hall–Kier alpha value is -2.92. The Morgan fingerprint density at radius 2 is 1.89 bits per heavy atom. The zero-order chi connectivity index (χ0) is 26.5. The highest BCUT2D eigenvalue weighted by atomic mass is 32.1. The molecule has 7 heteroatoms. The average molecular weight is 531 g/mol. The third-order valence-corrected chi connectivity index (χ3v) is 9.15. The lowest BCUT2D eigenvalue weighted by atomic mass is 9.78. The number of benzene rings is 1. The third kappa shape index (κ3) is 6.55. The molecule has 1 aromatic carbocycles. The molecule has 3 N–H and O–H groups in total. The highest BCUT2D eigenvalue weighted by Crippen LogP contribution is 2.36. The molecular formula is C31H38N4O2S. The number of aliphatic hydroxyl groups is 1. The fraction of sp³-hybridized carbons (Fsp3) is 0.484. The van der Waals surface area contributed by atoms with Crippen LogP contribution in [0.1, 0.15) is 73.9 Å². The van der Waals surface area contributed by atoms with Crippen molar-refractivity contribution >= 4 is 17.2 Å². The van der Waals surface area contributed by atoms with E-state index in [2.05, 4.69) is 28.8 Å². The first kappa shape index (κ1) is 26.7. The molecule has 0 bridgehead atoms. The van der Waals surface area contributed by atoms with Gasteiger partial charge < -0.3 is 20.5 Å². The number of nitrogens with two attached hydrogens (primary N) is 1. The Morgan fingerprint density at radius 1 is 1.11 bits per heavy atom. The van der Waals surface area contributed by atoms with Gasteiger partial charge in [0.1, 0.15) is 12.2 Å². The van der Waals surface area contributed by atoms with Crippen LogP contribution in [0, 0.1) is 17.8 Å². The summed E-state index contributed by atoms with van der Waals surface area (Å²) in [6.07, 6.45) is 11.7. The molecule has 38 heavy (non-hydrogen) atoms. The van der Waals surface area contributed by atoms with E-state index in [9.17, 15) is 5.11 Å². The summed E-state index contributed by atoms with van der Waals surface area (Å²) in [5.41, 5.74) is 8.02. The number of rotatable bonds is 6. The van der Waals surface area contributed by atoms with Gasteiger partial charge in [-0.05, 0) is 82.4 Å². The molecule has 5 rings (SSSR count). The largest absolute Gasteiger partial charge is 0.485 e. The fourth-order valence-corrected chi connectivity index (χ4v) is 6.50. The lowest BCUT2D eigenvalue weighted by molar-refractivity contribution is 0.0368. The van der Waals surface area contributed by atoms with E-state index in [0.29, 0.717) is 24.1 Å². The monoisotopic (exact) mass is 530 g/mol. The standard InChI is InChI=1S/C31H38N4O2S/c1-31(36,26-9-4-3-5-10-26)14-11-22-7-6-8-23(17-22)21-37-27-18-25(19-33-29(27)32)28-20-34-30(38-28)24-12-15-35(2)16-13-24/h6-8,17-20,24,26,36H,3-5,9-10,12-13,15-16,21H2,1-2H3,(H2,32,33). The normalized spacial score (nSPS) is 18.9. The summed E-state index contributed by atoms with van der Waals surface area (Å²) < 4.78 is 6.11. The first-order chi connectivity index (χ1) is 18.4. The van der Waals surface area contributed by atoms with Crippen LogP contribution in [-0.4, -0.2) is 45.7 Å². The fourth-order valence-electron chi connectivity index (χ4n) is 5.44. The van der Waals surface area contributed by atoms with Gasteiger partial charge in [0.25, 0.3) is 0 Å². The maximum Gasteiger partial charge on any atom is 0.166 e. The molecule has 3 aromatic rings. The third-order valence-electron chi connectivity index (χ3n) is 7.94. The lowest BCUT2D eigenvalue weighted by Crippen LogP contribution is -2.34. The predicted octanol–water partition coefficient (Wildman–Crippen LogP) is 5.86. The minimum absolute atomic E-state index is 0.247. The summed E-state index contributed by atoms with van der Waals surface area (Å²) >= 11 is 1.74. The molecule has 2 aromatic heterocycles. The number of aromatic nitrogens is 2. The van der Waals surface area contributed by atoms with Crippen LogP contribution in [0.25, 0.3) is 10.4 Å². The Balaban J connectivity index is 1.24. The summed E-state index contributed by atoms with van der Waals surface area (Å²) in [4.78, 5) is 12.6. The van der Waals surface area contributed by atoms with Gasteiger partial charge in [-0.1, -0.05) is 43.2 Å². The van der Waals surface area contributed by atoms with Gasteiger partial charge >= 0.3 is 0 Å². The van der Waals surface area contributed by atoms with Gasteiger partial charge in [-0.25, -0.2) is 9.97 Å². The molecule has 0 spiro atoms. The summed E-state index contributed by atoms with van der Waals surface area (Å²) in [5, 5.41) is 12.1. The number of likely N-dealkylation sites (tertiary alicyclic amines) is 1. The number of pyridine rings is 1. The molecule has 1 aliphatic heterocycles. The van der Waals surface area contributed by atoms with Gasteiger partial charge in [0.2, 0.25) is 0 Å². The number of hydrogen-bond donors (Lipinski definition) is 2. The van der Waals surface area contributed by atoms with E-state index >= 15 is 0 Å². The Morgan fingerprint density at radius 3 is 2.68 bits per heavy atom. The Bertz CT molecular complexity index is 1290. The molecular weight excluding hydrogens is 492 g/mol. The van der Waals surface area contributed by atoms with E-state index in [0.717, 1.165) is 60.3 Å². The van der Waals surface area contributed by atoms with Gasteiger partial charge in [-0.15, -0.1) is 11.3 Å². The predicted molar refractivity (Wildman–Crippen MR) is 154 cm³/mol. The van der Waals surface area contributed by atoms with E-state index in [1.165, 1.54) is 24.3 Å². The first-order valence-corrected chi connectivity index (χ1v) is 14.6. The van der Waals surface area contributed by atoms with Crippen LogP contribution in [0.3, 0.4) is 0 Å². The van der Waals surface area contributed by atoms with Crippen molar-refractivity contribution in [3.05, 3.63) is 58.9 Å². The Kier molecular flexibility index (Phi) is 8.32. The van der Waals surface area contributed by atoms with Crippen LogP contribution in [-0.2, 0) is 6.61 Å². The van der Waals surface area contributed by atoms with Crippen molar-refractivity contribution in [2.75, 3.05) is 25.9 Å². The number of hydrogen-bond acceptors (Lipinski definition) is 7.